The van der Waals surface area contributed by atoms with Gasteiger partial charge in [0, 0.05) is 19.3 Å². The molecule has 0 amide bonds. The SMILES string of the molecule is CC/C=C\C/C=C\C/C=C\C/C=C\C/C=C\C/C=C\CCCCCCCCCCCCC(=O)OCC(COC(=O)CCCCCCCCCCCC)OC(=O)CCCC/C=C\C/C=C\C/C=C\C/C=C\C/C=C\C/C=C\CC. The van der Waals surface area contributed by atoms with Crippen molar-refractivity contribution >= 4 is 17.9 Å². The summed E-state index contributed by atoms with van der Waals surface area (Å²) in [6.45, 7) is 6.36. The quantitative estimate of drug-likeness (QED) is 0.0261. The average Bonchev–Trinajstić information content (AvgIpc) is 3.44. The monoisotopic (exact) mass is 1080 g/mol. The molecule has 440 valence electrons. The van der Waals surface area contributed by atoms with Gasteiger partial charge in [0.2, 0.25) is 0 Å². The third-order valence-electron chi connectivity index (χ3n) is 13.1. The molecule has 0 N–H and O–H groups in total. The Morgan fingerprint density at radius 1 is 0.269 bits per heavy atom. The molecular formula is C72H116O6. The van der Waals surface area contributed by atoms with Gasteiger partial charge < -0.3 is 14.2 Å². The highest BCUT2D eigenvalue weighted by atomic mass is 16.6. The van der Waals surface area contributed by atoms with Gasteiger partial charge in [-0.1, -0.05) is 276 Å². The molecule has 1 atom stereocenters. The zero-order valence-electron chi connectivity index (χ0n) is 50.4. The zero-order chi connectivity index (χ0) is 56.4. The molecule has 0 spiro atoms. The van der Waals surface area contributed by atoms with Crippen LogP contribution < -0.4 is 0 Å². The van der Waals surface area contributed by atoms with Crippen LogP contribution in [0, 0.1) is 0 Å². The van der Waals surface area contributed by atoms with Crippen LogP contribution in [0.5, 0.6) is 0 Å². The summed E-state index contributed by atoms with van der Waals surface area (Å²) in [5.74, 6) is -0.950. The molecule has 6 heteroatoms. The first-order valence-corrected chi connectivity index (χ1v) is 31.8. The summed E-state index contributed by atoms with van der Waals surface area (Å²) in [6, 6.07) is 0. The largest absolute Gasteiger partial charge is 0.462 e. The number of esters is 3. The fraction of sp³-hybridized carbons (Fsp3) is 0.625. The molecule has 0 aliphatic heterocycles. The first-order valence-electron chi connectivity index (χ1n) is 31.8. The van der Waals surface area contributed by atoms with Crippen LogP contribution in [0.2, 0.25) is 0 Å². The van der Waals surface area contributed by atoms with Crippen molar-refractivity contribution in [3.05, 3.63) is 146 Å². The number of ether oxygens (including phenoxy) is 3. The Labute approximate surface area is 480 Å². The van der Waals surface area contributed by atoms with Crippen molar-refractivity contribution in [3.63, 3.8) is 0 Å². The number of unbranched alkanes of at least 4 members (excludes halogenated alkanes) is 21. The second-order valence-corrected chi connectivity index (χ2v) is 20.6. The van der Waals surface area contributed by atoms with E-state index in [0.29, 0.717) is 19.3 Å². The number of rotatable bonds is 56. The van der Waals surface area contributed by atoms with E-state index in [-0.39, 0.29) is 37.5 Å². The van der Waals surface area contributed by atoms with Crippen molar-refractivity contribution in [1.29, 1.82) is 0 Å². The van der Waals surface area contributed by atoms with Crippen molar-refractivity contribution in [2.75, 3.05) is 13.2 Å². The van der Waals surface area contributed by atoms with E-state index in [2.05, 4.69) is 167 Å². The minimum Gasteiger partial charge on any atom is -0.462 e. The van der Waals surface area contributed by atoms with E-state index in [0.717, 1.165) is 128 Å². The summed E-state index contributed by atoms with van der Waals surface area (Å²) in [6.07, 6.45) is 92.9. The van der Waals surface area contributed by atoms with Crippen LogP contribution in [0.1, 0.15) is 271 Å². The molecule has 0 heterocycles. The molecule has 1 unspecified atom stereocenters. The highest BCUT2D eigenvalue weighted by Gasteiger charge is 2.19. The van der Waals surface area contributed by atoms with Gasteiger partial charge in [-0.25, -0.2) is 0 Å². The van der Waals surface area contributed by atoms with Crippen LogP contribution in [0.25, 0.3) is 0 Å². The Morgan fingerprint density at radius 3 is 0.808 bits per heavy atom. The Hall–Kier alpha value is -4.71. The fourth-order valence-electron chi connectivity index (χ4n) is 8.39. The van der Waals surface area contributed by atoms with Gasteiger partial charge in [-0.2, -0.15) is 0 Å². The second kappa shape index (κ2) is 64.8. The molecule has 0 aromatic carbocycles. The Bertz CT molecular complexity index is 1710. The lowest BCUT2D eigenvalue weighted by molar-refractivity contribution is -0.167. The standard InChI is InChI=1S/C72H116O6/c1-4-7-10-13-16-19-22-24-26-28-30-32-33-34-35-36-37-38-39-41-42-44-46-48-50-53-56-59-62-65-71(74)77-68-69(67-76-70(73)64-61-58-55-52-21-18-15-12-9-6-3)78-72(75)66-63-60-57-54-51-49-47-45-43-40-31-29-27-25-23-20-17-14-11-8-5-2/h7-8,10-11,16-17,19-20,24-27,30-32,34-35,37-38,40,45,47,51,54,69H,4-6,9,12-15,18,21-23,28-29,33,36,39,41-44,46,48-50,52-53,55-68H2,1-3H3/b10-7-,11-8-,19-16-,20-17-,26-24-,27-25-,32-30-,35-34-,38-37-,40-31-,47-45-,54-51-. The average molecular weight is 1080 g/mol. The van der Waals surface area contributed by atoms with E-state index in [4.69, 9.17) is 14.2 Å². The van der Waals surface area contributed by atoms with E-state index < -0.39 is 6.10 Å². The van der Waals surface area contributed by atoms with Crippen LogP contribution in [0.4, 0.5) is 0 Å². The predicted octanol–water partition coefficient (Wildman–Crippen LogP) is 21.9. The molecule has 6 nitrogen and oxygen atoms in total. The third-order valence-corrected chi connectivity index (χ3v) is 13.1. The lowest BCUT2D eigenvalue weighted by Crippen LogP contribution is -2.30. The summed E-state index contributed by atoms with van der Waals surface area (Å²) >= 11 is 0. The van der Waals surface area contributed by atoms with Crippen molar-refractivity contribution in [2.45, 2.75) is 277 Å². The molecule has 0 rings (SSSR count). The second-order valence-electron chi connectivity index (χ2n) is 20.6. The van der Waals surface area contributed by atoms with Crippen LogP contribution >= 0.6 is 0 Å². The highest BCUT2D eigenvalue weighted by Crippen LogP contribution is 2.15. The zero-order valence-corrected chi connectivity index (χ0v) is 50.4. The Morgan fingerprint density at radius 2 is 0.500 bits per heavy atom. The Balaban J connectivity index is 4.33. The maximum atomic E-state index is 12.9. The molecular weight excluding hydrogens is 961 g/mol. The van der Waals surface area contributed by atoms with Gasteiger partial charge in [0.15, 0.2) is 6.10 Å². The smallest absolute Gasteiger partial charge is 0.306 e. The first kappa shape index (κ1) is 73.3. The molecule has 0 saturated heterocycles. The van der Waals surface area contributed by atoms with E-state index in [9.17, 15) is 14.4 Å². The summed E-state index contributed by atoms with van der Waals surface area (Å²) in [4.78, 5) is 38.2. The molecule has 0 aliphatic rings. The third kappa shape index (κ3) is 62.1. The normalized spacial score (nSPS) is 13.1. The molecule has 0 radical (unpaired) electrons. The summed E-state index contributed by atoms with van der Waals surface area (Å²) < 4.78 is 16.8. The molecule has 0 saturated carbocycles. The highest BCUT2D eigenvalue weighted by molar-refractivity contribution is 5.71. The topological polar surface area (TPSA) is 78.9 Å². The summed E-state index contributed by atoms with van der Waals surface area (Å²) in [5, 5.41) is 0. The number of carbonyl (C=O) groups excluding carboxylic acids is 3. The van der Waals surface area contributed by atoms with Gasteiger partial charge >= 0.3 is 17.9 Å². The van der Waals surface area contributed by atoms with Gasteiger partial charge in [-0.3, -0.25) is 14.4 Å². The molecule has 0 aromatic heterocycles. The van der Waals surface area contributed by atoms with Crippen molar-refractivity contribution < 1.29 is 28.6 Å². The van der Waals surface area contributed by atoms with Gasteiger partial charge in [0.05, 0.1) is 0 Å². The van der Waals surface area contributed by atoms with Crippen LogP contribution in [-0.4, -0.2) is 37.2 Å². The van der Waals surface area contributed by atoms with Crippen LogP contribution in [-0.2, 0) is 28.6 Å². The van der Waals surface area contributed by atoms with Gasteiger partial charge in [-0.05, 0) is 122 Å². The lowest BCUT2D eigenvalue weighted by atomic mass is 10.1. The lowest BCUT2D eigenvalue weighted by Gasteiger charge is -2.18. The number of allylic oxidation sites excluding steroid dienone is 24. The van der Waals surface area contributed by atoms with Gasteiger partial charge in [-0.15, -0.1) is 0 Å². The molecule has 78 heavy (non-hydrogen) atoms. The van der Waals surface area contributed by atoms with E-state index in [1.54, 1.807) is 0 Å². The molecule has 0 fully saturated rings. The number of hydrogen-bond acceptors (Lipinski definition) is 6. The fourth-order valence-corrected chi connectivity index (χ4v) is 8.39. The molecule has 0 aliphatic carbocycles. The van der Waals surface area contributed by atoms with E-state index in [1.807, 2.05) is 0 Å². The maximum Gasteiger partial charge on any atom is 0.306 e. The molecule has 0 aromatic rings. The van der Waals surface area contributed by atoms with E-state index in [1.165, 1.54) is 96.3 Å². The minimum atomic E-state index is -0.807. The number of hydrogen-bond donors (Lipinski definition) is 0. The Kier molecular flexibility index (Phi) is 60.9. The van der Waals surface area contributed by atoms with Crippen molar-refractivity contribution in [3.8, 4) is 0 Å². The number of carbonyl (C=O) groups is 3. The maximum absolute atomic E-state index is 12.9. The van der Waals surface area contributed by atoms with Gasteiger partial charge in [0.1, 0.15) is 13.2 Å². The van der Waals surface area contributed by atoms with E-state index >= 15 is 0 Å². The minimum absolute atomic E-state index is 0.0996. The summed E-state index contributed by atoms with van der Waals surface area (Å²) in [7, 11) is 0. The van der Waals surface area contributed by atoms with Gasteiger partial charge in [0.25, 0.3) is 0 Å². The van der Waals surface area contributed by atoms with Crippen molar-refractivity contribution in [2.24, 2.45) is 0 Å². The van der Waals surface area contributed by atoms with Crippen LogP contribution in [0.3, 0.4) is 0 Å². The first-order chi connectivity index (χ1) is 38.5. The van der Waals surface area contributed by atoms with Crippen LogP contribution in [0.15, 0.2) is 146 Å². The predicted molar refractivity (Wildman–Crippen MR) is 339 cm³/mol. The van der Waals surface area contributed by atoms with Crippen molar-refractivity contribution in [1.82, 2.24) is 0 Å². The summed E-state index contributed by atoms with van der Waals surface area (Å²) in [5.41, 5.74) is 0. The molecule has 0 bridgehead atoms.